The number of anilines is 2. The van der Waals surface area contributed by atoms with Gasteiger partial charge in [0.1, 0.15) is 11.0 Å². The number of benzene rings is 2. The quantitative estimate of drug-likeness (QED) is 0.613. The van der Waals surface area contributed by atoms with Crippen molar-refractivity contribution < 1.29 is 13.2 Å². The maximum absolute atomic E-state index is 12.7. The van der Waals surface area contributed by atoms with Gasteiger partial charge >= 0.3 is 0 Å². The zero-order chi connectivity index (χ0) is 21.2. The Morgan fingerprint density at radius 3 is 2.31 bits per heavy atom. The fraction of sp³-hybridized carbons (Fsp3) is 0.211. The van der Waals surface area contributed by atoms with Crippen molar-refractivity contribution in [2.24, 2.45) is 0 Å². The third-order valence-corrected chi connectivity index (χ3v) is 6.50. The number of aromatic nitrogens is 2. The van der Waals surface area contributed by atoms with Crippen LogP contribution >= 0.6 is 22.9 Å². The molecule has 29 heavy (non-hydrogen) atoms. The number of nitrogens with one attached hydrogen (secondary N) is 1. The molecular formula is C19H19ClN4O3S2. The summed E-state index contributed by atoms with van der Waals surface area (Å²) in [5, 5.41) is 12.2. The lowest BCUT2D eigenvalue weighted by Crippen LogP contribution is -2.45. The standard InChI is InChI=1S/C19H19ClN4O3S2/c1-12-4-10-16(11-5-12)24(29(3,26)27)13(2)17(25)21-19-23-22-18(28-19)14-6-8-15(20)9-7-14/h4-11,13H,1-3H3,(H,21,23,25)/t13-/m1/s1. The van der Waals surface area contributed by atoms with E-state index >= 15 is 0 Å². The molecule has 0 saturated heterocycles. The molecule has 1 amide bonds. The van der Waals surface area contributed by atoms with Crippen LogP contribution in [-0.2, 0) is 14.8 Å². The predicted octanol–water partition coefficient (Wildman–Crippen LogP) is 3.96. The smallest absolute Gasteiger partial charge is 0.249 e. The highest BCUT2D eigenvalue weighted by molar-refractivity contribution is 7.92. The molecule has 1 N–H and O–H groups in total. The van der Waals surface area contributed by atoms with Crippen molar-refractivity contribution in [3.63, 3.8) is 0 Å². The first kappa shape index (κ1) is 21.2. The van der Waals surface area contributed by atoms with Gasteiger partial charge in [-0.3, -0.25) is 14.4 Å². The summed E-state index contributed by atoms with van der Waals surface area (Å²) >= 11 is 7.08. The summed E-state index contributed by atoms with van der Waals surface area (Å²) in [7, 11) is -3.68. The molecule has 0 aliphatic rings. The van der Waals surface area contributed by atoms with Crippen LogP contribution in [0.25, 0.3) is 10.6 Å². The molecule has 3 rings (SSSR count). The number of hydrogen-bond acceptors (Lipinski definition) is 6. The van der Waals surface area contributed by atoms with Gasteiger partial charge in [0.15, 0.2) is 0 Å². The molecular weight excluding hydrogens is 432 g/mol. The Balaban J connectivity index is 1.80. The number of sulfonamides is 1. The largest absolute Gasteiger partial charge is 0.299 e. The van der Waals surface area contributed by atoms with Gasteiger partial charge in [-0.25, -0.2) is 8.42 Å². The molecule has 0 aliphatic carbocycles. The van der Waals surface area contributed by atoms with E-state index in [2.05, 4.69) is 15.5 Å². The van der Waals surface area contributed by atoms with Gasteiger partial charge in [0.2, 0.25) is 21.1 Å². The van der Waals surface area contributed by atoms with Crippen LogP contribution in [0.1, 0.15) is 12.5 Å². The normalized spacial score (nSPS) is 12.4. The second-order valence-corrected chi connectivity index (χ2v) is 9.75. The van der Waals surface area contributed by atoms with E-state index in [0.717, 1.165) is 21.7 Å². The summed E-state index contributed by atoms with van der Waals surface area (Å²) in [5.74, 6) is -0.505. The molecule has 0 saturated carbocycles. The molecule has 152 valence electrons. The van der Waals surface area contributed by atoms with Crippen molar-refractivity contribution in [1.29, 1.82) is 0 Å². The first-order valence-corrected chi connectivity index (χ1v) is 11.7. The molecule has 1 atom stereocenters. The third kappa shape index (κ3) is 5.11. The van der Waals surface area contributed by atoms with E-state index in [1.165, 1.54) is 18.3 Å². The van der Waals surface area contributed by atoms with E-state index in [4.69, 9.17) is 11.6 Å². The highest BCUT2D eigenvalue weighted by Gasteiger charge is 2.29. The molecule has 0 aliphatic heterocycles. The van der Waals surface area contributed by atoms with Crippen LogP contribution in [0.4, 0.5) is 10.8 Å². The first-order valence-electron chi connectivity index (χ1n) is 8.61. The molecule has 1 heterocycles. The average Bonchev–Trinajstić information content (AvgIpc) is 3.11. The summed E-state index contributed by atoms with van der Waals surface area (Å²) in [4.78, 5) is 12.7. The molecule has 1 aromatic heterocycles. The minimum absolute atomic E-state index is 0.282. The SMILES string of the molecule is Cc1ccc(N([C@H](C)C(=O)Nc2nnc(-c3ccc(Cl)cc3)s2)S(C)(=O)=O)cc1. The first-order chi connectivity index (χ1) is 13.6. The molecule has 7 nitrogen and oxygen atoms in total. The Labute approximate surface area is 178 Å². The number of nitrogens with zero attached hydrogens (tertiary/aromatic N) is 3. The average molecular weight is 451 g/mol. The third-order valence-electron chi connectivity index (χ3n) is 4.12. The fourth-order valence-electron chi connectivity index (χ4n) is 2.69. The Bertz CT molecular complexity index is 1110. The van der Waals surface area contributed by atoms with Crippen molar-refractivity contribution in [3.8, 4) is 10.6 Å². The topological polar surface area (TPSA) is 92.3 Å². The van der Waals surface area contributed by atoms with Crippen LogP contribution in [0, 0.1) is 6.92 Å². The van der Waals surface area contributed by atoms with Crippen LogP contribution in [0.5, 0.6) is 0 Å². The number of aryl methyl sites for hydroxylation is 1. The zero-order valence-electron chi connectivity index (χ0n) is 16.0. The molecule has 2 aromatic carbocycles. The number of rotatable bonds is 6. The van der Waals surface area contributed by atoms with Crippen molar-refractivity contribution in [1.82, 2.24) is 10.2 Å². The zero-order valence-corrected chi connectivity index (χ0v) is 18.3. The van der Waals surface area contributed by atoms with E-state index in [9.17, 15) is 13.2 Å². The van der Waals surface area contributed by atoms with Gasteiger partial charge in [-0.05, 0) is 38.1 Å². The number of carbonyl (C=O) groups is 1. The Kier molecular flexibility index (Phi) is 6.21. The lowest BCUT2D eigenvalue weighted by molar-refractivity contribution is -0.116. The molecule has 0 fully saturated rings. The van der Waals surface area contributed by atoms with Crippen LogP contribution in [0.3, 0.4) is 0 Å². The Hall–Kier alpha value is -2.49. The lowest BCUT2D eigenvalue weighted by atomic mass is 10.2. The van der Waals surface area contributed by atoms with E-state index < -0.39 is 22.0 Å². The monoisotopic (exact) mass is 450 g/mol. The summed E-state index contributed by atoms with van der Waals surface area (Å²) in [6.45, 7) is 3.43. The number of amides is 1. The number of carbonyl (C=O) groups excluding carboxylic acids is 1. The molecule has 3 aromatic rings. The van der Waals surface area contributed by atoms with Crippen LogP contribution in [0.15, 0.2) is 48.5 Å². The lowest BCUT2D eigenvalue weighted by Gasteiger charge is -2.27. The van der Waals surface area contributed by atoms with Gasteiger partial charge in [-0.2, -0.15) is 0 Å². The molecule has 0 radical (unpaired) electrons. The highest BCUT2D eigenvalue weighted by Crippen LogP contribution is 2.28. The maximum atomic E-state index is 12.7. The maximum Gasteiger partial charge on any atom is 0.249 e. The van der Waals surface area contributed by atoms with Gasteiger partial charge in [0, 0.05) is 10.6 Å². The van der Waals surface area contributed by atoms with Gasteiger partial charge in [-0.1, -0.05) is 52.8 Å². The summed E-state index contributed by atoms with van der Waals surface area (Å²) in [5.41, 5.74) is 2.22. The number of hydrogen-bond donors (Lipinski definition) is 1. The van der Waals surface area contributed by atoms with E-state index in [0.29, 0.717) is 15.7 Å². The van der Waals surface area contributed by atoms with Gasteiger partial charge in [0.25, 0.3) is 0 Å². The second-order valence-electron chi connectivity index (χ2n) is 6.48. The Morgan fingerprint density at radius 2 is 1.72 bits per heavy atom. The van der Waals surface area contributed by atoms with E-state index in [1.54, 1.807) is 48.5 Å². The van der Waals surface area contributed by atoms with Gasteiger partial charge in [0.05, 0.1) is 11.9 Å². The minimum Gasteiger partial charge on any atom is -0.299 e. The van der Waals surface area contributed by atoms with Crippen molar-refractivity contribution >= 4 is 49.7 Å². The van der Waals surface area contributed by atoms with Gasteiger partial charge < -0.3 is 0 Å². The number of halogens is 1. The molecule has 0 bridgehead atoms. The summed E-state index contributed by atoms with van der Waals surface area (Å²) in [6.07, 6.45) is 1.07. The molecule has 0 spiro atoms. The van der Waals surface area contributed by atoms with Crippen molar-refractivity contribution in [2.75, 3.05) is 15.9 Å². The van der Waals surface area contributed by atoms with E-state index in [-0.39, 0.29) is 5.13 Å². The minimum atomic E-state index is -3.68. The van der Waals surface area contributed by atoms with Crippen molar-refractivity contribution in [2.45, 2.75) is 19.9 Å². The molecule has 10 heteroatoms. The molecule has 0 unspecified atom stereocenters. The van der Waals surface area contributed by atoms with Crippen LogP contribution < -0.4 is 9.62 Å². The Morgan fingerprint density at radius 1 is 1.10 bits per heavy atom. The van der Waals surface area contributed by atoms with Crippen LogP contribution in [0.2, 0.25) is 5.02 Å². The highest BCUT2D eigenvalue weighted by atomic mass is 35.5. The predicted molar refractivity (Wildman–Crippen MR) is 117 cm³/mol. The van der Waals surface area contributed by atoms with Crippen LogP contribution in [-0.4, -0.2) is 36.8 Å². The second kappa shape index (κ2) is 8.48. The van der Waals surface area contributed by atoms with Gasteiger partial charge in [-0.15, -0.1) is 10.2 Å². The fourth-order valence-corrected chi connectivity index (χ4v) is 4.75. The van der Waals surface area contributed by atoms with E-state index in [1.807, 2.05) is 6.92 Å². The van der Waals surface area contributed by atoms with Crippen molar-refractivity contribution in [3.05, 3.63) is 59.1 Å². The summed E-state index contributed by atoms with van der Waals surface area (Å²) in [6, 6.07) is 13.0. The summed E-state index contributed by atoms with van der Waals surface area (Å²) < 4.78 is 25.8.